The van der Waals surface area contributed by atoms with Crippen molar-refractivity contribution in [2.45, 2.75) is 52.7 Å². The minimum absolute atomic E-state index is 0.00257. The topological polar surface area (TPSA) is 46.5 Å². The Kier molecular flexibility index (Phi) is 2.44. The molecule has 18 heavy (non-hydrogen) atoms. The molecule has 3 rings (SSSR count). The number of rotatable bonds is 0. The fourth-order valence-corrected chi connectivity index (χ4v) is 4.79. The first-order valence-corrected chi connectivity index (χ1v) is 6.95. The average Bonchev–Trinajstić information content (AvgIpc) is 2.54. The third-order valence-electron chi connectivity index (χ3n) is 5.64. The van der Waals surface area contributed by atoms with Crippen LogP contribution in [0, 0.1) is 22.7 Å². The lowest BCUT2D eigenvalue weighted by molar-refractivity contribution is -0.165. The first-order chi connectivity index (χ1) is 8.36. The molecule has 1 N–H and O–H groups in total. The summed E-state index contributed by atoms with van der Waals surface area (Å²) in [5.41, 5.74) is 0.997. The van der Waals surface area contributed by atoms with Crippen molar-refractivity contribution < 1.29 is 14.6 Å². The molecule has 4 atom stereocenters. The summed E-state index contributed by atoms with van der Waals surface area (Å²) in [6, 6.07) is 0. The lowest BCUT2D eigenvalue weighted by Crippen LogP contribution is -2.50. The van der Waals surface area contributed by atoms with E-state index < -0.39 is 6.29 Å². The summed E-state index contributed by atoms with van der Waals surface area (Å²) in [6.45, 7) is 6.87. The molecule has 2 fully saturated rings. The van der Waals surface area contributed by atoms with E-state index in [2.05, 4.69) is 20.8 Å². The van der Waals surface area contributed by atoms with Crippen LogP contribution in [-0.2, 0) is 9.53 Å². The zero-order valence-corrected chi connectivity index (χ0v) is 11.4. The summed E-state index contributed by atoms with van der Waals surface area (Å²) in [5.74, 6) is 0.0931. The second kappa shape index (κ2) is 3.60. The van der Waals surface area contributed by atoms with Crippen molar-refractivity contribution in [1.29, 1.82) is 0 Å². The second-order valence-corrected chi connectivity index (χ2v) is 7.07. The third-order valence-corrected chi connectivity index (χ3v) is 5.64. The van der Waals surface area contributed by atoms with Crippen molar-refractivity contribution in [3.8, 4) is 0 Å². The molecule has 0 aromatic rings. The highest BCUT2D eigenvalue weighted by molar-refractivity contribution is 5.91. The number of aliphatic hydroxyl groups is 1. The van der Waals surface area contributed by atoms with E-state index in [0.29, 0.717) is 5.92 Å². The molecule has 0 radical (unpaired) electrons. The Labute approximate surface area is 108 Å². The summed E-state index contributed by atoms with van der Waals surface area (Å²) in [4.78, 5) is 11.7. The van der Waals surface area contributed by atoms with Gasteiger partial charge < -0.3 is 9.84 Å². The van der Waals surface area contributed by atoms with Crippen LogP contribution in [0.25, 0.3) is 0 Å². The summed E-state index contributed by atoms with van der Waals surface area (Å²) in [5, 5.41) is 10.1. The molecule has 0 unspecified atom stereocenters. The Morgan fingerprint density at radius 1 is 1.33 bits per heavy atom. The molecule has 0 amide bonds. The molecule has 3 heteroatoms. The number of ether oxygens (including phenoxy) is 1. The van der Waals surface area contributed by atoms with Crippen LogP contribution in [0.15, 0.2) is 11.6 Å². The van der Waals surface area contributed by atoms with Gasteiger partial charge in [0.2, 0.25) is 6.29 Å². The van der Waals surface area contributed by atoms with Crippen molar-refractivity contribution in [1.82, 2.24) is 0 Å². The van der Waals surface area contributed by atoms with E-state index >= 15 is 0 Å². The van der Waals surface area contributed by atoms with E-state index in [4.69, 9.17) is 4.74 Å². The van der Waals surface area contributed by atoms with E-state index in [-0.39, 0.29) is 22.7 Å². The standard InChI is InChI=1S/C15H22O3/c1-14(2)7-4-8-15(3)10(14)6-5-9-11(15)13(17)18-12(9)16/h5,10-11,13,17H,4,6-8H2,1-3H3/t10-,11-,13+,15-/m0/s1. The number of fused-ring (bicyclic) bond motifs is 3. The van der Waals surface area contributed by atoms with Gasteiger partial charge >= 0.3 is 5.97 Å². The van der Waals surface area contributed by atoms with Crippen molar-refractivity contribution >= 4 is 5.97 Å². The molecule has 0 aromatic heterocycles. The smallest absolute Gasteiger partial charge is 0.336 e. The van der Waals surface area contributed by atoms with Gasteiger partial charge in [-0.3, -0.25) is 0 Å². The maximum absolute atomic E-state index is 11.7. The fourth-order valence-electron chi connectivity index (χ4n) is 4.79. The van der Waals surface area contributed by atoms with Crippen molar-refractivity contribution in [2.24, 2.45) is 22.7 Å². The molecule has 0 bridgehead atoms. The number of aliphatic hydroxyl groups excluding tert-OH is 1. The highest BCUT2D eigenvalue weighted by Crippen LogP contribution is 2.61. The quantitative estimate of drug-likeness (QED) is 0.672. The highest BCUT2D eigenvalue weighted by Gasteiger charge is 2.59. The Bertz CT molecular complexity index is 423. The van der Waals surface area contributed by atoms with Crippen molar-refractivity contribution in [2.75, 3.05) is 0 Å². The van der Waals surface area contributed by atoms with Gasteiger partial charge in [-0.15, -0.1) is 0 Å². The van der Waals surface area contributed by atoms with Gasteiger partial charge in [0, 0.05) is 5.57 Å². The number of hydrogen-bond acceptors (Lipinski definition) is 3. The lowest BCUT2D eigenvalue weighted by Gasteiger charge is -2.55. The predicted octanol–water partition coefficient (Wildman–Crippen LogP) is 2.64. The number of allylic oxidation sites excluding steroid dienone is 1. The van der Waals surface area contributed by atoms with Crippen LogP contribution < -0.4 is 0 Å². The predicted molar refractivity (Wildman–Crippen MR) is 67.5 cm³/mol. The van der Waals surface area contributed by atoms with Crippen molar-refractivity contribution in [3.63, 3.8) is 0 Å². The average molecular weight is 250 g/mol. The number of esters is 1. The number of carbonyl (C=O) groups is 1. The number of carbonyl (C=O) groups excluding carboxylic acids is 1. The van der Waals surface area contributed by atoms with Gasteiger partial charge in [-0.2, -0.15) is 0 Å². The zero-order chi connectivity index (χ0) is 13.1. The van der Waals surface area contributed by atoms with Gasteiger partial charge in [0.1, 0.15) is 0 Å². The van der Waals surface area contributed by atoms with Gasteiger partial charge in [-0.1, -0.05) is 33.3 Å². The zero-order valence-electron chi connectivity index (χ0n) is 11.4. The Hall–Kier alpha value is -0.830. The van der Waals surface area contributed by atoms with Crippen LogP contribution in [0.5, 0.6) is 0 Å². The van der Waals surface area contributed by atoms with Gasteiger partial charge in [0.25, 0.3) is 0 Å². The number of cyclic esters (lactones) is 1. The first kappa shape index (κ1) is 12.2. The Morgan fingerprint density at radius 2 is 2.06 bits per heavy atom. The van der Waals surface area contributed by atoms with Gasteiger partial charge in [0.05, 0.1) is 5.92 Å². The molecule has 1 aliphatic heterocycles. The number of hydrogen-bond donors (Lipinski definition) is 1. The van der Waals surface area contributed by atoms with Crippen LogP contribution in [0.3, 0.4) is 0 Å². The van der Waals surface area contributed by atoms with E-state index in [9.17, 15) is 9.90 Å². The van der Waals surface area contributed by atoms with Crippen LogP contribution in [0.4, 0.5) is 0 Å². The van der Waals surface area contributed by atoms with E-state index in [1.54, 1.807) is 0 Å². The summed E-state index contributed by atoms with van der Waals surface area (Å²) in [6.07, 6.45) is 5.50. The molecular weight excluding hydrogens is 228 g/mol. The molecule has 3 nitrogen and oxygen atoms in total. The second-order valence-electron chi connectivity index (χ2n) is 7.07. The minimum Gasteiger partial charge on any atom is -0.432 e. The molecule has 0 spiro atoms. The molecule has 2 aliphatic carbocycles. The minimum atomic E-state index is -0.939. The molecule has 1 heterocycles. The van der Waals surface area contributed by atoms with E-state index in [1.807, 2.05) is 6.08 Å². The Morgan fingerprint density at radius 3 is 2.78 bits per heavy atom. The molecule has 3 aliphatic rings. The Balaban J connectivity index is 2.06. The normalized spacial score (nSPS) is 45.9. The SMILES string of the molecule is CC1(C)CCC[C@]2(C)[C@H]3C(=CC[C@@H]12)C(=O)O[C@H]3O. The fraction of sp³-hybridized carbons (Fsp3) is 0.800. The van der Waals surface area contributed by atoms with Crippen LogP contribution >= 0.6 is 0 Å². The van der Waals surface area contributed by atoms with Crippen molar-refractivity contribution in [3.05, 3.63) is 11.6 Å². The van der Waals surface area contributed by atoms with Crippen LogP contribution in [0.1, 0.15) is 46.5 Å². The first-order valence-electron chi connectivity index (χ1n) is 6.95. The van der Waals surface area contributed by atoms with Crippen LogP contribution in [-0.4, -0.2) is 17.4 Å². The molecule has 100 valence electrons. The van der Waals surface area contributed by atoms with Gasteiger partial charge in [0.15, 0.2) is 0 Å². The summed E-state index contributed by atoms with van der Waals surface area (Å²) >= 11 is 0. The molecule has 0 aromatic carbocycles. The summed E-state index contributed by atoms with van der Waals surface area (Å²) < 4.78 is 5.04. The third kappa shape index (κ3) is 1.43. The maximum Gasteiger partial charge on any atom is 0.336 e. The van der Waals surface area contributed by atoms with Gasteiger partial charge in [-0.05, 0) is 36.0 Å². The lowest BCUT2D eigenvalue weighted by atomic mass is 9.49. The van der Waals surface area contributed by atoms with Gasteiger partial charge in [-0.25, -0.2) is 4.79 Å². The highest BCUT2D eigenvalue weighted by atomic mass is 16.6. The molecule has 1 saturated heterocycles. The molecule has 1 saturated carbocycles. The van der Waals surface area contributed by atoms with E-state index in [0.717, 1.165) is 18.4 Å². The maximum atomic E-state index is 11.7. The van der Waals surface area contributed by atoms with Crippen LogP contribution in [0.2, 0.25) is 0 Å². The largest absolute Gasteiger partial charge is 0.432 e. The molecular formula is C15H22O3. The monoisotopic (exact) mass is 250 g/mol. The summed E-state index contributed by atoms with van der Waals surface area (Å²) in [7, 11) is 0. The van der Waals surface area contributed by atoms with E-state index in [1.165, 1.54) is 12.8 Å².